The molecule has 0 aliphatic rings. The molecular formula is C18H29NO2. The molecule has 0 atom stereocenters. The molecule has 0 fully saturated rings. The Bertz CT molecular complexity index is 413. The summed E-state index contributed by atoms with van der Waals surface area (Å²) in [5, 5.41) is 12.5. The Morgan fingerprint density at radius 2 is 1.67 bits per heavy atom. The monoisotopic (exact) mass is 291 g/mol. The topological polar surface area (TPSA) is 49.3 Å². The smallest absolute Gasteiger partial charge is 0.224 e. The van der Waals surface area contributed by atoms with E-state index < -0.39 is 5.54 Å². The lowest BCUT2D eigenvalue weighted by molar-refractivity contribution is -0.123. The van der Waals surface area contributed by atoms with Crippen LogP contribution < -0.4 is 5.32 Å². The molecule has 0 saturated carbocycles. The molecule has 21 heavy (non-hydrogen) atoms. The van der Waals surface area contributed by atoms with E-state index in [1.165, 1.54) is 18.4 Å². The first kappa shape index (κ1) is 17.7. The molecule has 0 spiro atoms. The minimum atomic E-state index is -0.474. The maximum absolute atomic E-state index is 12.1. The van der Waals surface area contributed by atoms with Crippen molar-refractivity contribution in [2.45, 2.75) is 64.8 Å². The van der Waals surface area contributed by atoms with Crippen molar-refractivity contribution in [3.63, 3.8) is 0 Å². The lowest BCUT2D eigenvalue weighted by Gasteiger charge is -2.30. The van der Waals surface area contributed by atoms with Crippen LogP contribution in [0.1, 0.15) is 57.6 Å². The number of rotatable bonds is 9. The van der Waals surface area contributed by atoms with Crippen molar-refractivity contribution in [2.75, 3.05) is 6.61 Å². The predicted molar refractivity (Wildman–Crippen MR) is 87.3 cm³/mol. The highest BCUT2D eigenvalue weighted by Gasteiger charge is 2.26. The van der Waals surface area contributed by atoms with E-state index in [2.05, 4.69) is 24.4 Å². The Morgan fingerprint density at radius 1 is 1.10 bits per heavy atom. The van der Waals surface area contributed by atoms with E-state index in [1.807, 2.05) is 26.0 Å². The first-order chi connectivity index (χ1) is 10.1. The average Bonchev–Trinajstić information content (AvgIpc) is 2.52. The van der Waals surface area contributed by atoms with Gasteiger partial charge in [0.25, 0.3) is 0 Å². The number of carbonyl (C=O) groups is 1. The van der Waals surface area contributed by atoms with Crippen LogP contribution in [0.15, 0.2) is 24.3 Å². The summed E-state index contributed by atoms with van der Waals surface area (Å²) in [6, 6.07) is 8.28. The second-order valence-electron chi connectivity index (χ2n) is 5.79. The Kier molecular flexibility index (Phi) is 7.44. The van der Waals surface area contributed by atoms with Gasteiger partial charge in [0.05, 0.1) is 18.6 Å². The minimum absolute atomic E-state index is 0.0122. The zero-order valence-electron chi connectivity index (χ0n) is 13.6. The average molecular weight is 291 g/mol. The van der Waals surface area contributed by atoms with Gasteiger partial charge < -0.3 is 10.4 Å². The third kappa shape index (κ3) is 5.50. The summed E-state index contributed by atoms with van der Waals surface area (Å²) in [6.45, 7) is 6.15. The maximum Gasteiger partial charge on any atom is 0.224 e. The van der Waals surface area contributed by atoms with Crippen molar-refractivity contribution in [3.8, 4) is 0 Å². The van der Waals surface area contributed by atoms with Crippen LogP contribution >= 0.6 is 0 Å². The standard InChI is InChI=1S/C18H29NO2/c1-4-7-8-15-9-11-16(12-10-15)13-17(21)19-18(5-2,6-3)14-20/h9-12,20H,4-8,13-14H2,1-3H3,(H,19,21). The molecule has 3 nitrogen and oxygen atoms in total. The van der Waals surface area contributed by atoms with Gasteiger partial charge >= 0.3 is 0 Å². The Balaban J connectivity index is 2.58. The number of hydrogen-bond acceptors (Lipinski definition) is 2. The van der Waals surface area contributed by atoms with E-state index in [0.717, 1.165) is 24.8 Å². The van der Waals surface area contributed by atoms with E-state index in [4.69, 9.17) is 0 Å². The summed E-state index contributed by atoms with van der Waals surface area (Å²) >= 11 is 0. The molecule has 0 radical (unpaired) electrons. The zero-order chi connectivity index (χ0) is 15.7. The SMILES string of the molecule is CCCCc1ccc(CC(=O)NC(CC)(CC)CO)cc1. The lowest BCUT2D eigenvalue weighted by atomic mass is 9.93. The van der Waals surface area contributed by atoms with E-state index >= 15 is 0 Å². The van der Waals surface area contributed by atoms with Crippen molar-refractivity contribution in [1.82, 2.24) is 5.32 Å². The van der Waals surface area contributed by atoms with E-state index in [-0.39, 0.29) is 12.5 Å². The van der Waals surface area contributed by atoms with Crippen molar-refractivity contribution < 1.29 is 9.90 Å². The van der Waals surface area contributed by atoms with E-state index in [9.17, 15) is 9.90 Å². The van der Waals surface area contributed by atoms with Gasteiger partial charge in [-0.05, 0) is 36.8 Å². The fourth-order valence-electron chi connectivity index (χ4n) is 2.42. The number of amides is 1. The number of aryl methyl sites for hydroxylation is 1. The number of hydrogen-bond donors (Lipinski definition) is 2. The van der Waals surface area contributed by atoms with E-state index in [0.29, 0.717) is 6.42 Å². The molecule has 0 unspecified atom stereocenters. The number of unbranched alkanes of at least 4 members (excludes halogenated alkanes) is 1. The molecule has 1 amide bonds. The third-order valence-corrected chi connectivity index (χ3v) is 4.27. The van der Waals surface area contributed by atoms with Crippen LogP contribution in [0.4, 0.5) is 0 Å². The molecule has 0 saturated heterocycles. The summed E-state index contributed by atoms with van der Waals surface area (Å²) < 4.78 is 0. The molecule has 2 N–H and O–H groups in total. The molecule has 3 heteroatoms. The largest absolute Gasteiger partial charge is 0.394 e. The third-order valence-electron chi connectivity index (χ3n) is 4.27. The predicted octanol–water partition coefficient (Wildman–Crippen LogP) is 3.24. The van der Waals surface area contributed by atoms with Crippen LogP contribution in [0.2, 0.25) is 0 Å². The second-order valence-corrected chi connectivity index (χ2v) is 5.79. The van der Waals surface area contributed by atoms with Crippen molar-refractivity contribution >= 4 is 5.91 Å². The summed E-state index contributed by atoms with van der Waals surface area (Å²) in [4.78, 5) is 12.1. The Morgan fingerprint density at radius 3 is 2.14 bits per heavy atom. The molecular weight excluding hydrogens is 262 g/mol. The summed E-state index contributed by atoms with van der Waals surface area (Å²) in [5.41, 5.74) is 1.87. The molecule has 0 bridgehead atoms. The Hall–Kier alpha value is -1.35. The van der Waals surface area contributed by atoms with Gasteiger partial charge in [-0.3, -0.25) is 4.79 Å². The van der Waals surface area contributed by atoms with Crippen LogP contribution in [-0.2, 0) is 17.6 Å². The van der Waals surface area contributed by atoms with Gasteiger partial charge in [0.1, 0.15) is 0 Å². The van der Waals surface area contributed by atoms with Gasteiger partial charge in [-0.1, -0.05) is 51.5 Å². The molecule has 1 aromatic carbocycles. The molecule has 0 aliphatic carbocycles. The quantitative estimate of drug-likeness (QED) is 0.734. The van der Waals surface area contributed by atoms with Gasteiger partial charge in [0.15, 0.2) is 0 Å². The highest BCUT2D eigenvalue weighted by atomic mass is 16.3. The maximum atomic E-state index is 12.1. The molecule has 118 valence electrons. The van der Waals surface area contributed by atoms with Crippen LogP contribution in [0.5, 0.6) is 0 Å². The molecule has 0 heterocycles. The summed E-state index contributed by atoms with van der Waals surface area (Å²) in [7, 11) is 0. The highest BCUT2D eigenvalue weighted by Crippen LogP contribution is 2.15. The van der Waals surface area contributed by atoms with Crippen LogP contribution in [0.3, 0.4) is 0 Å². The van der Waals surface area contributed by atoms with Crippen LogP contribution in [-0.4, -0.2) is 23.2 Å². The number of nitrogens with one attached hydrogen (secondary N) is 1. The zero-order valence-corrected chi connectivity index (χ0v) is 13.6. The number of aliphatic hydroxyl groups is 1. The van der Waals surface area contributed by atoms with Crippen molar-refractivity contribution in [1.29, 1.82) is 0 Å². The van der Waals surface area contributed by atoms with Gasteiger partial charge in [-0.15, -0.1) is 0 Å². The normalized spacial score (nSPS) is 11.4. The molecule has 0 aromatic heterocycles. The summed E-state index contributed by atoms with van der Waals surface area (Å²) in [6.07, 6.45) is 5.34. The molecule has 1 rings (SSSR count). The number of benzene rings is 1. The minimum Gasteiger partial charge on any atom is -0.394 e. The Labute approximate surface area is 128 Å². The first-order valence-corrected chi connectivity index (χ1v) is 8.08. The van der Waals surface area contributed by atoms with Crippen molar-refractivity contribution in [3.05, 3.63) is 35.4 Å². The fraction of sp³-hybridized carbons (Fsp3) is 0.611. The first-order valence-electron chi connectivity index (χ1n) is 8.08. The second kappa shape index (κ2) is 8.83. The number of aliphatic hydroxyl groups excluding tert-OH is 1. The van der Waals surface area contributed by atoms with Gasteiger partial charge in [-0.2, -0.15) is 0 Å². The lowest BCUT2D eigenvalue weighted by Crippen LogP contribution is -2.51. The van der Waals surface area contributed by atoms with Crippen LogP contribution in [0, 0.1) is 0 Å². The van der Waals surface area contributed by atoms with Gasteiger partial charge in [0.2, 0.25) is 5.91 Å². The summed E-state index contributed by atoms with van der Waals surface area (Å²) in [5.74, 6) is -0.0194. The van der Waals surface area contributed by atoms with Crippen LogP contribution in [0.25, 0.3) is 0 Å². The van der Waals surface area contributed by atoms with Crippen molar-refractivity contribution in [2.24, 2.45) is 0 Å². The molecule has 0 aliphatic heterocycles. The fourth-order valence-corrected chi connectivity index (χ4v) is 2.42. The van der Waals surface area contributed by atoms with E-state index in [1.54, 1.807) is 0 Å². The highest BCUT2D eigenvalue weighted by molar-refractivity contribution is 5.79. The number of carbonyl (C=O) groups excluding carboxylic acids is 1. The molecule has 1 aromatic rings. The van der Waals surface area contributed by atoms with Gasteiger partial charge in [0, 0.05) is 0 Å². The van der Waals surface area contributed by atoms with Gasteiger partial charge in [-0.25, -0.2) is 0 Å².